The Morgan fingerprint density at radius 2 is 1.92 bits per heavy atom. The molecule has 0 saturated heterocycles. The molecule has 0 saturated carbocycles. The first-order chi connectivity index (χ1) is 11.3. The smallest absolute Gasteiger partial charge is 0.431 e. The highest BCUT2D eigenvalue weighted by atomic mass is 35.5. The molecule has 0 bridgehead atoms. The molecule has 0 amide bonds. The molecule has 0 spiro atoms. The van der Waals surface area contributed by atoms with E-state index in [1.54, 1.807) is 12.1 Å². The van der Waals surface area contributed by atoms with Crippen LogP contribution in [-0.2, 0) is 4.74 Å². The lowest BCUT2D eigenvalue weighted by Gasteiger charge is -2.35. The lowest BCUT2D eigenvalue weighted by atomic mass is 9.76. The predicted octanol–water partition coefficient (Wildman–Crippen LogP) is 3.26. The first-order valence-electron chi connectivity index (χ1n) is 6.66. The molecule has 24 heavy (non-hydrogen) atoms. The van der Waals surface area contributed by atoms with Crippen LogP contribution in [0.1, 0.15) is 11.5 Å². The van der Waals surface area contributed by atoms with E-state index in [1.807, 2.05) is 0 Å². The summed E-state index contributed by atoms with van der Waals surface area (Å²) in [5.74, 6) is -2.76. The van der Waals surface area contributed by atoms with Crippen molar-refractivity contribution in [1.82, 2.24) is 5.43 Å². The van der Waals surface area contributed by atoms with Crippen molar-refractivity contribution in [1.29, 1.82) is 5.26 Å². The highest BCUT2D eigenvalue weighted by Crippen LogP contribution is 2.48. The summed E-state index contributed by atoms with van der Waals surface area (Å²) in [4.78, 5) is 0. The number of benzene rings is 1. The molecule has 1 aromatic carbocycles. The Hall–Kier alpha value is -2.11. The van der Waals surface area contributed by atoms with E-state index in [0.717, 1.165) is 0 Å². The van der Waals surface area contributed by atoms with Gasteiger partial charge in [-0.05, 0) is 17.7 Å². The van der Waals surface area contributed by atoms with Crippen molar-refractivity contribution >= 4 is 28.9 Å². The number of nitriles is 1. The average Bonchev–Trinajstić information content (AvgIpc) is 2.90. The lowest BCUT2D eigenvalue weighted by Crippen LogP contribution is -2.45. The zero-order valence-electron chi connectivity index (χ0n) is 11.7. The summed E-state index contributed by atoms with van der Waals surface area (Å²) in [6, 6.07) is 6.31. The van der Waals surface area contributed by atoms with Crippen LogP contribution in [0.25, 0.3) is 0 Å². The maximum atomic E-state index is 13.3. The third kappa shape index (κ3) is 2.54. The van der Waals surface area contributed by atoms with Crippen LogP contribution in [0.15, 0.2) is 34.8 Å². The van der Waals surface area contributed by atoms with E-state index in [4.69, 9.17) is 33.7 Å². The SMILES string of the molecule is N#CC1=C(N)O[C@@H]2NN=C(C(F)(F)F)[C@@H]2[C@@H]1c1c(Cl)cccc1Cl. The van der Waals surface area contributed by atoms with Gasteiger partial charge in [-0.15, -0.1) is 0 Å². The monoisotopic (exact) mass is 376 g/mol. The number of halogens is 5. The van der Waals surface area contributed by atoms with Crippen LogP contribution in [-0.4, -0.2) is 18.1 Å². The topological polar surface area (TPSA) is 83.4 Å². The molecule has 3 rings (SSSR count). The fourth-order valence-electron chi connectivity index (χ4n) is 2.91. The maximum absolute atomic E-state index is 13.3. The summed E-state index contributed by atoms with van der Waals surface area (Å²) in [5.41, 5.74) is 6.87. The largest absolute Gasteiger partial charge is 0.453 e. The molecule has 3 N–H and O–H groups in total. The molecule has 0 unspecified atom stereocenters. The number of allylic oxidation sites excluding steroid dienone is 1. The van der Waals surface area contributed by atoms with E-state index >= 15 is 0 Å². The standard InChI is InChI=1S/C14H9Cl2F3N4O/c15-6-2-1-3-7(16)9(6)8-5(4-20)12(21)24-13-10(8)11(22-23-13)14(17,18)19/h1-3,8,10,13,23H,21H2/t8-,10-,13-/m0/s1. The number of alkyl halides is 3. The molecule has 0 radical (unpaired) electrons. The maximum Gasteiger partial charge on any atom is 0.431 e. The first-order valence-corrected chi connectivity index (χ1v) is 7.42. The van der Waals surface area contributed by atoms with Crippen LogP contribution in [0.4, 0.5) is 13.2 Å². The minimum atomic E-state index is -4.71. The van der Waals surface area contributed by atoms with E-state index in [2.05, 4.69) is 10.5 Å². The Kier molecular flexibility index (Phi) is 4.01. The third-order valence-electron chi connectivity index (χ3n) is 3.87. The number of hydrogen-bond donors (Lipinski definition) is 2. The summed E-state index contributed by atoms with van der Waals surface area (Å²) in [6.45, 7) is 0. The Balaban J connectivity index is 2.23. The number of fused-ring (bicyclic) bond motifs is 1. The number of nitrogens with two attached hydrogens (primary N) is 1. The second-order valence-electron chi connectivity index (χ2n) is 5.19. The van der Waals surface area contributed by atoms with Crippen LogP contribution >= 0.6 is 23.2 Å². The van der Waals surface area contributed by atoms with Gasteiger partial charge in [0, 0.05) is 16.0 Å². The first kappa shape index (κ1) is 16.7. The lowest BCUT2D eigenvalue weighted by molar-refractivity contribution is -0.0661. The normalized spacial score (nSPS) is 26.2. The highest BCUT2D eigenvalue weighted by Gasteiger charge is 2.55. The van der Waals surface area contributed by atoms with Crippen LogP contribution in [0.3, 0.4) is 0 Å². The highest BCUT2D eigenvalue weighted by molar-refractivity contribution is 6.36. The zero-order valence-corrected chi connectivity index (χ0v) is 13.2. The van der Waals surface area contributed by atoms with Gasteiger partial charge in [-0.2, -0.15) is 23.5 Å². The van der Waals surface area contributed by atoms with Gasteiger partial charge in [-0.3, -0.25) is 5.43 Å². The molecule has 0 aromatic heterocycles. The second kappa shape index (κ2) is 5.76. The van der Waals surface area contributed by atoms with Crippen molar-refractivity contribution in [2.45, 2.75) is 18.3 Å². The molecule has 2 heterocycles. The number of ether oxygens (including phenoxy) is 1. The third-order valence-corrected chi connectivity index (χ3v) is 4.52. The molecule has 0 aliphatic carbocycles. The Morgan fingerprint density at radius 3 is 2.46 bits per heavy atom. The quantitative estimate of drug-likeness (QED) is 0.787. The van der Waals surface area contributed by atoms with Crippen molar-refractivity contribution in [2.75, 3.05) is 0 Å². The molecule has 10 heteroatoms. The fraction of sp³-hybridized carbons (Fsp3) is 0.286. The summed E-state index contributed by atoms with van der Waals surface area (Å²) in [6.07, 6.45) is -5.88. The zero-order chi connectivity index (χ0) is 17.6. The van der Waals surface area contributed by atoms with Gasteiger partial charge in [0.25, 0.3) is 0 Å². The van der Waals surface area contributed by atoms with E-state index in [1.165, 1.54) is 12.1 Å². The Bertz CT molecular complexity index is 780. The fourth-order valence-corrected chi connectivity index (χ4v) is 3.54. The van der Waals surface area contributed by atoms with E-state index in [0.29, 0.717) is 0 Å². The Morgan fingerprint density at radius 1 is 1.29 bits per heavy atom. The van der Waals surface area contributed by atoms with Crippen molar-refractivity contribution in [3.63, 3.8) is 0 Å². The van der Waals surface area contributed by atoms with Gasteiger partial charge in [-0.25, -0.2) is 0 Å². The van der Waals surface area contributed by atoms with Gasteiger partial charge in [0.2, 0.25) is 5.88 Å². The number of hydrazone groups is 1. The number of nitrogens with zero attached hydrogens (tertiary/aromatic N) is 2. The minimum Gasteiger partial charge on any atom is -0.453 e. The van der Waals surface area contributed by atoms with Gasteiger partial charge in [0.05, 0.1) is 11.5 Å². The predicted molar refractivity (Wildman–Crippen MR) is 81.0 cm³/mol. The number of nitrogens with one attached hydrogen (secondary N) is 1. The summed E-state index contributed by atoms with van der Waals surface area (Å²) in [7, 11) is 0. The number of hydrogen-bond acceptors (Lipinski definition) is 5. The Labute approximate surface area is 144 Å². The van der Waals surface area contributed by atoms with Gasteiger partial charge >= 0.3 is 6.18 Å². The van der Waals surface area contributed by atoms with Gasteiger partial charge < -0.3 is 10.5 Å². The van der Waals surface area contributed by atoms with Gasteiger partial charge in [0.15, 0.2) is 11.9 Å². The summed E-state index contributed by atoms with van der Waals surface area (Å²) in [5, 5.41) is 13.0. The van der Waals surface area contributed by atoms with Crippen molar-refractivity contribution in [3.05, 3.63) is 45.3 Å². The minimum absolute atomic E-state index is 0.127. The molecule has 3 atom stereocenters. The molecular formula is C14H9Cl2F3N4O. The van der Waals surface area contributed by atoms with E-state index in [9.17, 15) is 18.4 Å². The summed E-state index contributed by atoms with van der Waals surface area (Å²) < 4.78 is 45.2. The van der Waals surface area contributed by atoms with Crippen LogP contribution in [0.5, 0.6) is 0 Å². The van der Waals surface area contributed by atoms with Crippen LogP contribution in [0.2, 0.25) is 10.0 Å². The average molecular weight is 377 g/mol. The molecule has 1 aromatic rings. The molecule has 2 aliphatic rings. The van der Waals surface area contributed by atoms with Crippen molar-refractivity contribution < 1.29 is 17.9 Å². The van der Waals surface area contributed by atoms with Gasteiger partial charge in [-0.1, -0.05) is 29.3 Å². The molecule has 0 fully saturated rings. The molecular weight excluding hydrogens is 368 g/mol. The van der Waals surface area contributed by atoms with E-state index in [-0.39, 0.29) is 27.1 Å². The van der Waals surface area contributed by atoms with Crippen LogP contribution < -0.4 is 11.2 Å². The van der Waals surface area contributed by atoms with Gasteiger partial charge in [0.1, 0.15) is 6.07 Å². The summed E-state index contributed by atoms with van der Waals surface area (Å²) >= 11 is 12.3. The molecule has 5 nitrogen and oxygen atoms in total. The number of rotatable bonds is 1. The second-order valence-corrected chi connectivity index (χ2v) is 6.01. The van der Waals surface area contributed by atoms with Crippen molar-refractivity contribution in [3.8, 4) is 6.07 Å². The van der Waals surface area contributed by atoms with Crippen molar-refractivity contribution in [2.24, 2.45) is 16.8 Å². The van der Waals surface area contributed by atoms with Crippen LogP contribution in [0, 0.1) is 17.2 Å². The molecule has 126 valence electrons. The molecule has 2 aliphatic heterocycles. The van der Waals surface area contributed by atoms with E-state index < -0.39 is 30.0 Å².